The lowest BCUT2D eigenvalue weighted by Gasteiger charge is -2.16. The minimum absolute atomic E-state index is 0.208. The second-order valence-electron chi connectivity index (χ2n) is 7.75. The highest BCUT2D eigenvalue weighted by atomic mass is 16.5. The molecule has 0 aliphatic rings. The molecule has 0 bridgehead atoms. The molecule has 0 amide bonds. The van der Waals surface area contributed by atoms with Crippen molar-refractivity contribution in [3.63, 3.8) is 0 Å². The molecule has 0 saturated heterocycles. The van der Waals surface area contributed by atoms with Crippen molar-refractivity contribution in [3.8, 4) is 5.75 Å². The Morgan fingerprint density at radius 2 is 2.09 bits per heavy atom. The topological polar surface area (TPSA) is 110 Å². The van der Waals surface area contributed by atoms with Crippen molar-refractivity contribution >= 4 is 22.7 Å². The summed E-state index contributed by atoms with van der Waals surface area (Å²) < 4.78 is 19.4. The predicted octanol–water partition coefficient (Wildman–Crippen LogP) is 3.41. The van der Waals surface area contributed by atoms with Crippen LogP contribution < -0.4 is 10.3 Å². The number of ether oxygens (including phenoxy) is 2. The third-order valence-corrected chi connectivity index (χ3v) is 5.39. The third kappa shape index (κ3) is 4.53. The van der Waals surface area contributed by atoms with E-state index in [0.717, 1.165) is 5.69 Å². The highest BCUT2D eigenvalue weighted by molar-refractivity contribution is 5.80. The fourth-order valence-electron chi connectivity index (χ4n) is 3.55. The van der Waals surface area contributed by atoms with Crippen molar-refractivity contribution in [2.45, 2.75) is 26.8 Å². The number of fused-ring (bicyclic) bond motifs is 1. The van der Waals surface area contributed by atoms with Crippen LogP contribution in [0.4, 0.5) is 0 Å². The van der Waals surface area contributed by atoms with Gasteiger partial charge in [0.05, 0.1) is 35.4 Å². The van der Waals surface area contributed by atoms with Crippen LogP contribution in [0.3, 0.4) is 0 Å². The fourth-order valence-corrected chi connectivity index (χ4v) is 3.55. The van der Waals surface area contributed by atoms with Gasteiger partial charge in [0.2, 0.25) is 0 Å². The Kier molecular flexibility index (Phi) is 6.69. The molecule has 0 aliphatic carbocycles. The number of allylic oxidation sites excluding steroid dienone is 2. The van der Waals surface area contributed by atoms with Crippen molar-refractivity contribution in [1.82, 2.24) is 29.5 Å². The van der Waals surface area contributed by atoms with Crippen molar-refractivity contribution in [2.24, 2.45) is 0 Å². The molecule has 0 fully saturated rings. The van der Waals surface area contributed by atoms with Crippen LogP contribution in [0.1, 0.15) is 36.1 Å². The molecule has 0 N–H and O–H groups in total. The Bertz CT molecular complexity index is 1410. The van der Waals surface area contributed by atoms with Crippen LogP contribution in [-0.2, 0) is 4.74 Å². The predicted molar refractivity (Wildman–Crippen MR) is 128 cm³/mol. The zero-order chi connectivity index (χ0) is 24.2. The zero-order valence-electron chi connectivity index (χ0n) is 19.6. The number of hydrogen-bond acceptors (Lipinski definition) is 8. The maximum Gasteiger partial charge on any atom is 0.260 e. The third-order valence-electron chi connectivity index (χ3n) is 5.39. The van der Waals surface area contributed by atoms with Crippen LogP contribution in [-0.4, -0.2) is 49.8 Å². The van der Waals surface area contributed by atoms with Crippen molar-refractivity contribution in [2.75, 3.05) is 20.3 Å². The Labute approximate surface area is 196 Å². The molecule has 0 radical (unpaired) electrons. The van der Waals surface area contributed by atoms with Crippen molar-refractivity contribution < 1.29 is 14.0 Å². The van der Waals surface area contributed by atoms with Gasteiger partial charge in [0.15, 0.2) is 11.6 Å². The van der Waals surface area contributed by atoms with Gasteiger partial charge in [-0.1, -0.05) is 17.8 Å². The molecule has 0 unspecified atom stereocenters. The highest BCUT2D eigenvalue weighted by Crippen LogP contribution is 2.23. The van der Waals surface area contributed by atoms with Gasteiger partial charge in [-0.3, -0.25) is 14.3 Å². The minimum atomic E-state index is -0.421. The monoisotopic (exact) mass is 462 g/mol. The zero-order valence-corrected chi connectivity index (χ0v) is 19.6. The second kappa shape index (κ2) is 9.84. The number of pyridine rings is 2. The number of aryl methyl sites for hydroxylation is 2. The summed E-state index contributed by atoms with van der Waals surface area (Å²) in [5.74, 6) is 2.32. The van der Waals surface area contributed by atoms with Crippen LogP contribution in [0, 0.1) is 13.8 Å². The second-order valence-corrected chi connectivity index (χ2v) is 7.75. The van der Waals surface area contributed by atoms with E-state index in [1.165, 1.54) is 0 Å². The highest BCUT2D eigenvalue weighted by Gasteiger charge is 2.20. The first-order chi connectivity index (χ1) is 16.4. The van der Waals surface area contributed by atoms with Crippen LogP contribution in [0.25, 0.3) is 22.7 Å². The van der Waals surface area contributed by atoms with Crippen LogP contribution in [0.2, 0.25) is 0 Å². The Balaban J connectivity index is 1.73. The number of nitrogens with zero attached hydrogens (tertiary/aromatic N) is 6. The molecule has 4 heterocycles. The fraction of sp³-hybridized carbons (Fsp3) is 0.292. The van der Waals surface area contributed by atoms with Gasteiger partial charge in [-0.05, 0) is 32.9 Å². The summed E-state index contributed by atoms with van der Waals surface area (Å²) in [4.78, 5) is 17.7. The number of rotatable bonds is 9. The van der Waals surface area contributed by atoms with E-state index in [4.69, 9.17) is 14.0 Å². The molecule has 34 heavy (non-hydrogen) atoms. The smallest absolute Gasteiger partial charge is 0.260 e. The molecule has 0 aromatic carbocycles. The summed E-state index contributed by atoms with van der Waals surface area (Å²) in [5.41, 5.74) is 1.85. The lowest BCUT2D eigenvalue weighted by atomic mass is 10.2. The van der Waals surface area contributed by atoms with Gasteiger partial charge in [-0.15, -0.1) is 10.2 Å². The molecular weight excluding hydrogens is 436 g/mol. The average molecular weight is 463 g/mol. The quantitative estimate of drug-likeness (QED) is 0.275. The largest absolute Gasteiger partial charge is 0.490 e. The van der Waals surface area contributed by atoms with Gasteiger partial charge in [-0.25, -0.2) is 0 Å². The maximum absolute atomic E-state index is 13.4. The van der Waals surface area contributed by atoms with Gasteiger partial charge < -0.3 is 18.6 Å². The Hall–Kier alpha value is -4.05. The summed E-state index contributed by atoms with van der Waals surface area (Å²) in [6.07, 6.45) is 6.80. The number of methoxy groups -OCH3 is 1. The van der Waals surface area contributed by atoms with Crippen LogP contribution in [0.5, 0.6) is 5.75 Å². The normalized spacial score (nSPS) is 12.8. The standard InChI is InChI=1S/C24H26N6O4/c1-6-18(22-11-15(2)28-34-22)14-30-17(4)26-27-23(30)16(3)29-8-7-21-20(24(29)31)12-19(13-25-21)33-10-9-32-5/h6-8,11-14,16H,1,9-10H2,2-5H3/b18-14+/t16-/m1/s1. The number of aromatic nitrogens is 6. The summed E-state index contributed by atoms with van der Waals surface area (Å²) >= 11 is 0. The first kappa shape index (κ1) is 23.1. The van der Waals surface area contributed by atoms with Gasteiger partial charge >= 0.3 is 0 Å². The van der Waals surface area contributed by atoms with E-state index in [9.17, 15) is 4.79 Å². The Morgan fingerprint density at radius 3 is 2.79 bits per heavy atom. The number of hydrogen-bond donors (Lipinski definition) is 0. The van der Waals surface area contributed by atoms with E-state index < -0.39 is 6.04 Å². The van der Waals surface area contributed by atoms with Crippen molar-refractivity contribution in [3.05, 3.63) is 76.7 Å². The minimum Gasteiger partial charge on any atom is -0.490 e. The first-order valence-electron chi connectivity index (χ1n) is 10.7. The van der Waals surface area contributed by atoms with E-state index in [1.54, 1.807) is 42.3 Å². The van der Waals surface area contributed by atoms with E-state index in [2.05, 4.69) is 26.9 Å². The lowest BCUT2D eigenvalue weighted by Crippen LogP contribution is -2.25. The van der Waals surface area contributed by atoms with Gasteiger partial charge in [0, 0.05) is 31.1 Å². The first-order valence-corrected chi connectivity index (χ1v) is 10.7. The Morgan fingerprint density at radius 1 is 1.26 bits per heavy atom. The summed E-state index contributed by atoms with van der Waals surface area (Å²) in [6, 6.07) is 4.89. The van der Waals surface area contributed by atoms with Crippen LogP contribution >= 0.6 is 0 Å². The molecule has 4 aromatic heterocycles. The molecule has 0 saturated carbocycles. The van der Waals surface area contributed by atoms with E-state index in [-0.39, 0.29) is 5.56 Å². The van der Waals surface area contributed by atoms with Gasteiger partial charge in [0.1, 0.15) is 18.2 Å². The van der Waals surface area contributed by atoms with E-state index in [1.807, 2.05) is 37.6 Å². The molecule has 4 aromatic rings. The molecule has 0 spiro atoms. The van der Waals surface area contributed by atoms with Crippen LogP contribution in [0.15, 0.2) is 52.6 Å². The molecular formula is C24H26N6O4. The summed E-state index contributed by atoms with van der Waals surface area (Å²) in [6.45, 7) is 10.3. The molecule has 10 nitrogen and oxygen atoms in total. The van der Waals surface area contributed by atoms with E-state index in [0.29, 0.717) is 52.8 Å². The SMILES string of the molecule is C=C/C(=C\n1c(C)nnc1[C@@H](C)n1ccc2ncc(OCCOC)cc2c1=O)c1cc(C)no1. The molecule has 4 rings (SSSR count). The maximum atomic E-state index is 13.4. The molecule has 1 atom stereocenters. The lowest BCUT2D eigenvalue weighted by molar-refractivity contribution is 0.146. The molecule has 10 heteroatoms. The van der Waals surface area contributed by atoms with Gasteiger partial charge in [-0.2, -0.15) is 0 Å². The molecule has 176 valence electrons. The van der Waals surface area contributed by atoms with Gasteiger partial charge in [0.25, 0.3) is 5.56 Å². The van der Waals surface area contributed by atoms with E-state index >= 15 is 0 Å². The molecule has 0 aliphatic heterocycles. The average Bonchev–Trinajstić information content (AvgIpc) is 3.43. The summed E-state index contributed by atoms with van der Waals surface area (Å²) in [5, 5.41) is 13.0. The summed E-state index contributed by atoms with van der Waals surface area (Å²) in [7, 11) is 1.60. The van der Waals surface area contributed by atoms with Crippen molar-refractivity contribution in [1.29, 1.82) is 0 Å².